The zero-order valence-electron chi connectivity index (χ0n) is 10.9. The molecule has 20 heavy (non-hydrogen) atoms. The van der Waals surface area contributed by atoms with E-state index < -0.39 is 6.04 Å². The Labute approximate surface area is 120 Å². The van der Waals surface area contributed by atoms with Gasteiger partial charge in [0.2, 0.25) is 0 Å². The van der Waals surface area contributed by atoms with E-state index in [1.54, 1.807) is 11.3 Å². The monoisotopic (exact) mass is 285 g/mol. The van der Waals surface area contributed by atoms with Gasteiger partial charge in [-0.15, -0.1) is 11.3 Å². The van der Waals surface area contributed by atoms with Crippen molar-refractivity contribution in [1.82, 2.24) is 9.38 Å². The smallest absolute Gasteiger partial charge is 0.193 e. The summed E-state index contributed by atoms with van der Waals surface area (Å²) in [5.74, 6) is 0.0274. The largest absolute Gasteiger partial charge is 0.321 e. The van der Waals surface area contributed by atoms with Crippen molar-refractivity contribution in [3.63, 3.8) is 0 Å². The summed E-state index contributed by atoms with van der Waals surface area (Å²) in [6.07, 6.45) is 4.69. The minimum absolute atomic E-state index is 0.0274. The van der Waals surface area contributed by atoms with E-state index in [0.29, 0.717) is 12.8 Å². The van der Waals surface area contributed by atoms with Gasteiger partial charge in [0.05, 0.1) is 18.2 Å². The maximum Gasteiger partial charge on any atom is 0.193 e. The fourth-order valence-corrected chi connectivity index (χ4v) is 2.87. The van der Waals surface area contributed by atoms with E-state index in [0.717, 1.165) is 16.2 Å². The molecule has 1 aromatic carbocycles. The molecule has 0 aliphatic heterocycles. The zero-order chi connectivity index (χ0) is 13.9. The predicted molar refractivity (Wildman–Crippen MR) is 79.9 cm³/mol. The Hall–Kier alpha value is -1.98. The van der Waals surface area contributed by atoms with E-state index >= 15 is 0 Å². The van der Waals surface area contributed by atoms with Crippen LogP contribution in [0.15, 0.2) is 48.1 Å². The fourth-order valence-electron chi connectivity index (χ4n) is 2.15. The summed E-state index contributed by atoms with van der Waals surface area (Å²) in [5, 5.41) is 1.97. The fraction of sp³-hybridized carbons (Fsp3) is 0.200. The lowest BCUT2D eigenvalue weighted by atomic mass is 10.0. The summed E-state index contributed by atoms with van der Waals surface area (Å²) in [7, 11) is 0. The number of nitrogens with two attached hydrogens (primary N) is 1. The van der Waals surface area contributed by atoms with Crippen molar-refractivity contribution in [3.8, 4) is 0 Å². The SMILES string of the molecule is NC(Cc1ccccc1)C(=O)Cc1cn2ccsc2n1. The van der Waals surface area contributed by atoms with Crippen molar-refractivity contribution in [2.75, 3.05) is 0 Å². The minimum Gasteiger partial charge on any atom is -0.321 e. The second-order valence-corrected chi connectivity index (χ2v) is 5.64. The molecule has 2 N–H and O–H groups in total. The molecule has 0 fully saturated rings. The van der Waals surface area contributed by atoms with E-state index in [4.69, 9.17) is 5.73 Å². The molecule has 0 amide bonds. The summed E-state index contributed by atoms with van der Waals surface area (Å²) in [6.45, 7) is 0. The third-order valence-electron chi connectivity index (χ3n) is 3.21. The third-order valence-corrected chi connectivity index (χ3v) is 3.98. The number of carbonyl (C=O) groups is 1. The summed E-state index contributed by atoms with van der Waals surface area (Å²) in [5.41, 5.74) is 7.85. The molecule has 1 unspecified atom stereocenters. The maximum atomic E-state index is 12.1. The van der Waals surface area contributed by atoms with Crippen LogP contribution in [0.25, 0.3) is 4.96 Å². The van der Waals surface area contributed by atoms with Gasteiger partial charge >= 0.3 is 0 Å². The molecule has 5 heteroatoms. The second-order valence-electron chi connectivity index (χ2n) is 4.76. The van der Waals surface area contributed by atoms with Crippen molar-refractivity contribution in [1.29, 1.82) is 0 Å². The third kappa shape index (κ3) is 2.79. The van der Waals surface area contributed by atoms with Crippen molar-refractivity contribution in [3.05, 3.63) is 59.4 Å². The van der Waals surface area contributed by atoms with Gasteiger partial charge in [0.1, 0.15) is 0 Å². The molecular formula is C15H15N3OS. The number of rotatable bonds is 5. The molecule has 0 spiro atoms. The van der Waals surface area contributed by atoms with Gasteiger partial charge < -0.3 is 5.73 Å². The lowest BCUT2D eigenvalue weighted by Crippen LogP contribution is -2.34. The number of thiazole rings is 1. The first-order chi connectivity index (χ1) is 9.72. The van der Waals surface area contributed by atoms with Crippen LogP contribution < -0.4 is 5.73 Å². The van der Waals surface area contributed by atoms with Crippen LogP contribution in [0.1, 0.15) is 11.3 Å². The molecular weight excluding hydrogens is 270 g/mol. The molecule has 102 valence electrons. The van der Waals surface area contributed by atoms with Crippen LogP contribution in [-0.4, -0.2) is 21.2 Å². The van der Waals surface area contributed by atoms with Gasteiger partial charge in [0.25, 0.3) is 0 Å². The van der Waals surface area contributed by atoms with Crippen molar-refractivity contribution >= 4 is 22.1 Å². The average molecular weight is 285 g/mol. The molecule has 0 aliphatic carbocycles. The highest BCUT2D eigenvalue weighted by Crippen LogP contribution is 2.12. The highest BCUT2D eigenvalue weighted by Gasteiger charge is 2.16. The van der Waals surface area contributed by atoms with E-state index in [1.165, 1.54) is 0 Å². The first-order valence-electron chi connectivity index (χ1n) is 6.45. The first kappa shape index (κ1) is 13.0. The molecule has 0 radical (unpaired) electrons. The van der Waals surface area contributed by atoms with Crippen LogP contribution in [0, 0.1) is 0 Å². The van der Waals surface area contributed by atoms with Crippen LogP contribution >= 0.6 is 11.3 Å². The minimum atomic E-state index is -0.475. The Morgan fingerprint density at radius 2 is 2.15 bits per heavy atom. The Balaban J connectivity index is 1.65. The molecule has 1 atom stereocenters. The Kier molecular flexibility index (Phi) is 3.62. The molecule has 3 aromatic rings. The van der Waals surface area contributed by atoms with Crippen molar-refractivity contribution < 1.29 is 4.79 Å². The number of hydrogen-bond acceptors (Lipinski definition) is 4. The lowest BCUT2D eigenvalue weighted by molar-refractivity contribution is -0.119. The number of Topliss-reactive ketones (excluding diaryl/α,β-unsaturated/α-hetero) is 1. The van der Waals surface area contributed by atoms with Crippen molar-refractivity contribution in [2.45, 2.75) is 18.9 Å². The van der Waals surface area contributed by atoms with E-state index in [2.05, 4.69) is 4.98 Å². The molecule has 0 saturated carbocycles. The van der Waals surface area contributed by atoms with Crippen molar-refractivity contribution in [2.24, 2.45) is 5.73 Å². The number of nitrogens with zero attached hydrogens (tertiary/aromatic N) is 2. The number of imidazole rings is 1. The van der Waals surface area contributed by atoms with Crippen LogP contribution in [0.5, 0.6) is 0 Å². The Bertz CT molecular complexity index is 688. The number of ketones is 1. The number of benzene rings is 1. The highest BCUT2D eigenvalue weighted by molar-refractivity contribution is 7.15. The number of aromatic nitrogens is 2. The Morgan fingerprint density at radius 3 is 2.90 bits per heavy atom. The molecule has 3 rings (SSSR count). The summed E-state index contributed by atoms with van der Waals surface area (Å²) >= 11 is 1.56. The topological polar surface area (TPSA) is 60.4 Å². The van der Waals surface area contributed by atoms with Gasteiger partial charge in [-0.2, -0.15) is 0 Å². The van der Waals surface area contributed by atoms with Crippen LogP contribution in [0.3, 0.4) is 0 Å². The van der Waals surface area contributed by atoms with Gasteiger partial charge in [0.15, 0.2) is 10.7 Å². The molecule has 2 heterocycles. The summed E-state index contributed by atoms with van der Waals surface area (Å²) in [6, 6.07) is 9.36. The van der Waals surface area contributed by atoms with Crippen LogP contribution in [0.4, 0.5) is 0 Å². The molecule has 0 bridgehead atoms. The summed E-state index contributed by atoms with van der Waals surface area (Å²) < 4.78 is 1.93. The zero-order valence-corrected chi connectivity index (χ0v) is 11.7. The number of hydrogen-bond donors (Lipinski definition) is 1. The standard InChI is InChI=1S/C15H15N3OS/c16-13(8-11-4-2-1-3-5-11)14(19)9-12-10-18-6-7-20-15(18)17-12/h1-7,10,13H,8-9,16H2. The van der Waals surface area contributed by atoms with Gasteiger partial charge in [-0.05, 0) is 12.0 Å². The first-order valence-corrected chi connectivity index (χ1v) is 7.33. The van der Waals surface area contributed by atoms with E-state index in [9.17, 15) is 4.79 Å². The molecule has 2 aromatic heterocycles. The maximum absolute atomic E-state index is 12.1. The number of fused-ring (bicyclic) bond motifs is 1. The quantitative estimate of drug-likeness (QED) is 0.780. The van der Waals surface area contributed by atoms with Gasteiger partial charge in [-0.25, -0.2) is 4.98 Å². The van der Waals surface area contributed by atoms with Gasteiger partial charge in [0, 0.05) is 17.8 Å². The lowest BCUT2D eigenvalue weighted by Gasteiger charge is -2.09. The van der Waals surface area contributed by atoms with Crippen LogP contribution in [0.2, 0.25) is 0 Å². The summed E-state index contributed by atoms with van der Waals surface area (Å²) in [4.78, 5) is 17.5. The number of carbonyl (C=O) groups excluding carboxylic acids is 1. The molecule has 0 aliphatic rings. The average Bonchev–Trinajstić information content (AvgIpc) is 3.00. The van der Waals surface area contributed by atoms with E-state index in [1.807, 2.05) is 52.5 Å². The predicted octanol–water partition coefficient (Wildman–Crippen LogP) is 2.08. The second kappa shape index (κ2) is 5.56. The normalized spacial score (nSPS) is 12.7. The van der Waals surface area contributed by atoms with Gasteiger partial charge in [-0.3, -0.25) is 9.20 Å². The van der Waals surface area contributed by atoms with Gasteiger partial charge in [-0.1, -0.05) is 30.3 Å². The molecule has 4 nitrogen and oxygen atoms in total. The Morgan fingerprint density at radius 1 is 1.35 bits per heavy atom. The molecule has 0 saturated heterocycles. The highest BCUT2D eigenvalue weighted by atomic mass is 32.1. The van der Waals surface area contributed by atoms with Crippen LogP contribution in [-0.2, 0) is 17.6 Å². The van der Waals surface area contributed by atoms with E-state index in [-0.39, 0.29) is 5.78 Å².